The molecule has 0 fully saturated rings. The Hall–Kier alpha value is -1.16. The summed E-state index contributed by atoms with van der Waals surface area (Å²) in [6.45, 7) is 12.1. The summed E-state index contributed by atoms with van der Waals surface area (Å²) in [6, 6.07) is 0. The number of halogens is 1. The molecule has 0 aliphatic heterocycles. The van der Waals surface area contributed by atoms with Gasteiger partial charge >= 0.3 is 0 Å². The molecule has 25 heavy (non-hydrogen) atoms. The van der Waals surface area contributed by atoms with Gasteiger partial charge in [0.05, 0.1) is 0 Å². The van der Waals surface area contributed by atoms with Crippen molar-refractivity contribution in [2.45, 2.75) is 40.2 Å². The van der Waals surface area contributed by atoms with E-state index in [1.165, 1.54) is 0 Å². The summed E-state index contributed by atoms with van der Waals surface area (Å²) in [5.74, 6) is 3.44. The molecular weight excluding hydrogens is 431 g/mol. The summed E-state index contributed by atoms with van der Waals surface area (Å²) >= 11 is 0. The molecule has 0 aromatic carbocycles. The van der Waals surface area contributed by atoms with Crippen molar-refractivity contribution in [2.24, 2.45) is 23.9 Å². The fourth-order valence-electron chi connectivity index (χ4n) is 2.48. The molecule has 0 saturated carbocycles. The summed E-state index contributed by atoms with van der Waals surface area (Å²) < 4.78 is 1.93. The monoisotopic (exact) mass is 464 g/mol. The second-order valence-electron chi connectivity index (χ2n) is 6.45. The molecule has 1 unspecified atom stereocenters. The smallest absolute Gasteiger partial charge is 0.191 e. The third-order valence-electron chi connectivity index (χ3n) is 3.88. The molecule has 0 bridgehead atoms. The number of aliphatic imine (C=N–C) groups is 1. The van der Waals surface area contributed by atoms with E-state index >= 15 is 0 Å². The Morgan fingerprint density at radius 1 is 1.36 bits per heavy atom. The Kier molecular flexibility index (Phi) is 12.5. The molecule has 0 amide bonds. The van der Waals surface area contributed by atoms with Crippen molar-refractivity contribution in [1.82, 2.24) is 25.4 Å². The molecule has 7 nitrogen and oxygen atoms in total. The molecule has 8 heteroatoms. The zero-order valence-electron chi connectivity index (χ0n) is 15.8. The molecular formula is C17H33IN6O. The SMILES string of the molecule is C=CCNC(=NCc1nnc(C)n1C)NCC(CCO)CC(C)C.I. The summed E-state index contributed by atoms with van der Waals surface area (Å²) in [4.78, 5) is 4.58. The maximum absolute atomic E-state index is 9.24. The predicted molar refractivity (Wildman–Crippen MR) is 113 cm³/mol. The highest BCUT2D eigenvalue weighted by Gasteiger charge is 2.12. The van der Waals surface area contributed by atoms with Crippen LogP contribution in [0.1, 0.15) is 38.3 Å². The maximum atomic E-state index is 9.24. The van der Waals surface area contributed by atoms with Gasteiger partial charge in [-0.15, -0.1) is 40.8 Å². The Morgan fingerprint density at radius 3 is 2.60 bits per heavy atom. The fourth-order valence-corrected chi connectivity index (χ4v) is 2.48. The Labute approximate surface area is 168 Å². The molecule has 1 aromatic heterocycles. The van der Waals surface area contributed by atoms with Crippen molar-refractivity contribution < 1.29 is 5.11 Å². The van der Waals surface area contributed by atoms with E-state index in [2.05, 4.69) is 46.2 Å². The lowest BCUT2D eigenvalue weighted by molar-refractivity contribution is 0.243. The van der Waals surface area contributed by atoms with Gasteiger partial charge in [-0.25, -0.2) is 4.99 Å². The summed E-state index contributed by atoms with van der Waals surface area (Å²) in [5, 5.41) is 24.0. The highest BCUT2D eigenvalue weighted by molar-refractivity contribution is 14.0. The lowest BCUT2D eigenvalue weighted by Crippen LogP contribution is -2.40. The van der Waals surface area contributed by atoms with Gasteiger partial charge in [-0.05, 0) is 31.6 Å². The third-order valence-corrected chi connectivity index (χ3v) is 3.88. The zero-order valence-corrected chi connectivity index (χ0v) is 18.2. The first-order chi connectivity index (χ1) is 11.5. The first-order valence-corrected chi connectivity index (χ1v) is 8.56. The molecule has 1 rings (SSSR count). The van der Waals surface area contributed by atoms with E-state index in [9.17, 15) is 5.11 Å². The molecule has 0 aliphatic carbocycles. The molecule has 1 heterocycles. The second kappa shape index (κ2) is 13.1. The number of aliphatic hydroxyl groups is 1. The van der Waals surface area contributed by atoms with Gasteiger partial charge in [0.1, 0.15) is 12.4 Å². The van der Waals surface area contributed by atoms with Crippen molar-refractivity contribution in [3.8, 4) is 0 Å². The Balaban J connectivity index is 0.00000576. The average molecular weight is 464 g/mol. The summed E-state index contributed by atoms with van der Waals surface area (Å²) in [7, 11) is 1.93. The quantitative estimate of drug-likeness (QED) is 0.214. The molecule has 0 spiro atoms. The zero-order chi connectivity index (χ0) is 17.9. The normalized spacial score (nSPS) is 12.6. The van der Waals surface area contributed by atoms with Gasteiger partial charge in [-0.3, -0.25) is 0 Å². The van der Waals surface area contributed by atoms with Crippen LogP contribution in [0.5, 0.6) is 0 Å². The van der Waals surface area contributed by atoms with E-state index < -0.39 is 0 Å². The molecule has 0 aliphatic rings. The topological polar surface area (TPSA) is 87.4 Å². The minimum atomic E-state index is 0. The van der Waals surface area contributed by atoms with E-state index in [1.54, 1.807) is 6.08 Å². The van der Waals surface area contributed by atoms with Crippen LogP contribution in [0.4, 0.5) is 0 Å². The van der Waals surface area contributed by atoms with E-state index in [0.29, 0.717) is 24.9 Å². The van der Waals surface area contributed by atoms with Crippen LogP contribution in [-0.2, 0) is 13.6 Å². The van der Waals surface area contributed by atoms with Crippen molar-refractivity contribution in [2.75, 3.05) is 19.7 Å². The number of guanidine groups is 1. The maximum Gasteiger partial charge on any atom is 0.191 e. The largest absolute Gasteiger partial charge is 0.396 e. The Bertz CT molecular complexity index is 529. The van der Waals surface area contributed by atoms with Crippen LogP contribution >= 0.6 is 24.0 Å². The van der Waals surface area contributed by atoms with E-state index in [4.69, 9.17) is 0 Å². The van der Waals surface area contributed by atoms with Crippen LogP contribution < -0.4 is 10.6 Å². The van der Waals surface area contributed by atoms with Gasteiger partial charge in [0.15, 0.2) is 11.8 Å². The first-order valence-electron chi connectivity index (χ1n) is 8.56. The fraction of sp³-hybridized carbons (Fsp3) is 0.706. The van der Waals surface area contributed by atoms with Crippen LogP contribution in [0.3, 0.4) is 0 Å². The van der Waals surface area contributed by atoms with Gasteiger partial charge in [0.2, 0.25) is 0 Å². The van der Waals surface area contributed by atoms with E-state index in [-0.39, 0.29) is 30.6 Å². The van der Waals surface area contributed by atoms with Crippen LogP contribution in [-0.4, -0.2) is 45.5 Å². The molecule has 1 aromatic rings. The van der Waals surface area contributed by atoms with E-state index in [0.717, 1.165) is 37.0 Å². The van der Waals surface area contributed by atoms with Gasteiger partial charge in [0.25, 0.3) is 0 Å². The van der Waals surface area contributed by atoms with Crippen LogP contribution in [0.25, 0.3) is 0 Å². The first kappa shape index (κ1) is 23.8. The van der Waals surface area contributed by atoms with Gasteiger partial charge < -0.3 is 20.3 Å². The van der Waals surface area contributed by atoms with Crippen molar-refractivity contribution in [1.29, 1.82) is 0 Å². The number of rotatable bonds is 10. The lowest BCUT2D eigenvalue weighted by Gasteiger charge is -2.20. The molecule has 1 atom stereocenters. The number of aryl methyl sites for hydroxylation is 1. The van der Waals surface area contributed by atoms with Crippen LogP contribution in [0, 0.1) is 18.8 Å². The number of hydrogen-bond donors (Lipinski definition) is 3. The number of aromatic nitrogens is 3. The molecule has 144 valence electrons. The predicted octanol–water partition coefficient (Wildman–Crippen LogP) is 2.01. The highest BCUT2D eigenvalue weighted by atomic mass is 127. The van der Waals surface area contributed by atoms with Gasteiger partial charge in [-0.1, -0.05) is 19.9 Å². The minimum absolute atomic E-state index is 0. The number of nitrogens with one attached hydrogen (secondary N) is 2. The Morgan fingerprint density at radius 2 is 2.08 bits per heavy atom. The molecule has 0 radical (unpaired) electrons. The number of nitrogens with zero attached hydrogens (tertiary/aromatic N) is 4. The van der Waals surface area contributed by atoms with Gasteiger partial charge in [-0.2, -0.15) is 0 Å². The van der Waals surface area contributed by atoms with Crippen LogP contribution in [0.15, 0.2) is 17.6 Å². The highest BCUT2D eigenvalue weighted by Crippen LogP contribution is 2.14. The van der Waals surface area contributed by atoms with E-state index in [1.807, 2.05) is 18.5 Å². The average Bonchev–Trinajstić information content (AvgIpc) is 2.85. The summed E-state index contributed by atoms with van der Waals surface area (Å²) in [5.41, 5.74) is 0. The second-order valence-corrected chi connectivity index (χ2v) is 6.45. The number of aliphatic hydroxyl groups excluding tert-OH is 1. The summed E-state index contributed by atoms with van der Waals surface area (Å²) in [6.07, 6.45) is 3.66. The number of hydrogen-bond acceptors (Lipinski definition) is 4. The third kappa shape index (κ3) is 9.20. The lowest BCUT2D eigenvalue weighted by atomic mass is 9.94. The minimum Gasteiger partial charge on any atom is -0.396 e. The molecule has 3 N–H and O–H groups in total. The van der Waals surface area contributed by atoms with Crippen molar-refractivity contribution in [3.05, 3.63) is 24.3 Å². The standard InChI is InChI=1S/C17H32N6O.HI/c1-6-8-18-17(19-11-15(7-9-24)10-13(2)3)20-12-16-22-21-14(4)23(16)5;/h6,13,15,24H,1,7-12H2,2-5H3,(H2,18,19,20);1H. The van der Waals surface area contributed by atoms with Gasteiger partial charge in [0, 0.05) is 26.7 Å². The molecule has 0 saturated heterocycles. The van der Waals surface area contributed by atoms with Crippen molar-refractivity contribution in [3.63, 3.8) is 0 Å². The van der Waals surface area contributed by atoms with Crippen molar-refractivity contribution >= 4 is 29.9 Å². The van der Waals surface area contributed by atoms with Crippen LogP contribution in [0.2, 0.25) is 0 Å².